The van der Waals surface area contributed by atoms with E-state index in [2.05, 4.69) is 15.2 Å². The summed E-state index contributed by atoms with van der Waals surface area (Å²) in [7, 11) is 0. The molecule has 2 heterocycles. The fourth-order valence-corrected chi connectivity index (χ4v) is 2.40. The maximum atomic E-state index is 11.1. The van der Waals surface area contributed by atoms with Gasteiger partial charge < -0.3 is 5.11 Å². The Bertz CT molecular complexity index is 912. The molecule has 6 nitrogen and oxygen atoms in total. The van der Waals surface area contributed by atoms with Crippen molar-refractivity contribution in [2.24, 2.45) is 10.2 Å². The lowest BCUT2D eigenvalue weighted by molar-refractivity contribution is -0.136. The molecule has 3 rings (SSSR count). The number of benzene rings is 1. The van der Waals surface area contributed by atoms with Crippen molar-refractivity contribution in [2.75, 3.05) is 0 Å². The van der Waals surface area contributed by atoms with Crippen molar-refractivity contribution in [1.29, 1.82) is 0 Å². The van der Waals surface area contributed by atoms with Crippen LogP contribution in [-0.2, 0) is 11.2 Å². The van der Waals surface area contributed by atoms with Crippen molar-refractivity contribution < 1.29 is 9.90 Å². The van der Waals surface area contributed by atoms with Crippen molar-refractivity contribution in [3.63, 3.8) is 0 Å². The zero-order chi connectivity index (χ0) is 16.4. The van der Waals surface area contributed by atoms with Crippen LogP contribution in [0, 0.1) is 13.8 Å². The molecule has 23 heavy (non-hydrogen) atoms. The first-order valence-electron chi connectivity index (χ1n) is 7.21. The molecule has 0 aliphatic rings. The third kappa shape index (κ3) is 3.11. The van der Waals surface area contributed by atoms with Crippen molar-refractivity contribution in [3.05, 3.63) is 59.4 Å². The van der Waals surface area contributed by atoms with Gasteiger partial charge in [-0.2, -0.15) is 0 Å². The Morgan fingerprint density at radius 2 is 2.04 bits per heavy atom. The van der Waals surface area contributed by atoms with E-state index in [-0.39, 0.29) is 6.42 Å². The lowest BCUT2D eigenvalue weighted by atomic mass is 10.2. The number of hydrogen-bond donors (Lipinski definition) is 1. The molecular formula is C17H16N4O2. The molecule has 1 N–H and O–H groups in total. The minimum absolute atomic E-state index is 0.191. The molecule has 0 radical (unpaired) electrons. The minimum Gasteiger partial charge on any atom is -0.481 e. The molecule has 0 saturated carbocycles. The van der Waals surface area contributed by atoms with Gasteiger partial charge in [-0.25, -0.2) is 4.98 Å². The second-order valence-electron chi connectivity index (χ2n) is 5.38. The van der Waals surface area contributed by atoms with Crippen LogP contribution in [0.2, 0.25) is 0 Å². The number of carbonyl (C=O) groups is 1. The van der Waals surface area contributed by atoms with E-state index in [1.54, 1.807) is 4.40 Å². The molecule has 1 aromatic carbocycles. The van der Waals surface area contributed by atoms with E-state index in [1.807, 2.05) is 56.4 Å². The van der Waals surface area contributed by atoms with Gasteiger partial charge in [-0.15, -0.1) is 10.2 Å². The topological polar surface area (TPSA) is 79.3 Å². The van der Waals surface area contributed by atoms with Gasteiger partial charge in [0.1, 0.15) is 5.65 Å². The van der Waals surface area contributed by atoms with E-state index in [1.165, 1.54) is 0 Å². The summed E-state index contributed by atoms with van der Waals surface area (Å²) in [6.07, 6.45) is 1.62. The molecule has 0 fully saturated rings. The maximum Gasteiger partial charge on any atom is 0.309 e. The summed E-state index contributed by atoms with van der Waals surface area (Å²) in [5.41, 5.74) is 3.86. The van der Waals surface area contributed by atoms with Crippen molar-refractivity contribution in [2.45, 2.75) is 20.3 Å². The van der Waals surface area contributed by atoms with E-state index in [0.29, 0.717) is 22.8 Å². The van der Waals surface area contributed by atoms with Gasteiger partial charge >= 0.3 is 5.97 Å². The molecule has 6 heteroatoms. The third-order valence-electron chi connectivity index (χ3n) is 3.47. The summed E-state index contributed by atoms with van der Waals surface area (Å²) >= 11 is 0. The van der Waals surface area contributed by atoms with E-state index in [4.69, 9.17) is 5.11 Å². The third-order valence-corrected chi connectivity index (χ3v) is 3.47. The molecule has 0 aliphatic carbocycles. The van der Waals surface area contributed by atoms with Gasteiger partial charge in [0.15, 0.2) is 5.82 Å². The molecule has 116 valence electrons. The normalized spacial score (nSPS) is 11.4. The van der Waals surface area contributed by atoms with Gasteiger partial charge in [0.2, 0.25) is 0 Å². The largest absolute Gasteiger partial charge is 0.481 e. The second kappa shape index (κ2) is 6.00. The first-order chi connectivity index (χ1) is 11.0. The van der Waals surface area contributed by atoms with Crippen LogP contribution in [0.5, 0.6) is 0 Å². The fourth-order valence-electron chi connectivity index (χ4n) is 2.40. The molecule has 0 bridgehead atoms. The summed E-state index contributed by atoms with van der Waals surface area (Å²) in [5.74, 6) is -0.495. The van der Waals surface area contributed by atoms with Gasteiger partial charge in [-0.05, 0) is 43.2 Å². The molecule has 0 saturated heterocycles. The number of azo groups is 1. The highest BCUT2D eigenvalue weighted by Crippen LogP contribution is 2.26. The molecule has 0 spiro atoms. The summed E-state index contributed by atoms with van der Waals surface area (Å²) in [6, 6.07) is 11.4. The Kier molecular flexibility index (Phi) is 3.89. The van der Waals surface area contributed by atoms with Gasteiger partial charge in [0.25, 0.3) is 0 Å². The van der Waals surface area contributed by atoms with Crippen LogP contribution < -0.4 is 0 Å². The molecule has 3 aromatic rings. The van der Waals surface area contributed by atoms with Crippen molar-refractivity contribution in [3.8, 4) is 0 Å². The number of carboxylic acid groups (broad SMARTS) is 1. The zero-order valence-electron chi connectivity index (χ0n) is 12.9. The molecule has 0 amide bonds. The van der Waals surface area contributed by atoms with Crippen LogP contribution in [0.4, 0.5) is 11.5 Å². The van der Waals surface area contributed by atoms with Gasteiger partial charge in [0.05, 0.1) is 17.8 Å². The highest BCUT2D eigenvalue weighted by Gasteiger charge is 2.15. The van der Waals surface area contributed by atoms with Crippen LogP contribution in [0.3, 0.4) is 0 Å². The lowest BCUT2D eigenvalue weighted by Gasteiger charge is -1.99. The van der Waals surface area contributed by atoms with Crippen molar-refractivity contribution in [1.82, 2.24) is 9.38 Å². The first kappa shape index (κ1) is 14.9. The van der Waals surface area contributed by atoms with Crippen LogP contribution in [-0.4, -0.2) is 20.5 Å². The summed E-state index contributed by atoms with van der Waals surface area (Å²) in [4.78, 5) is 15.5. The number of aryl methyl sites for hydroxylation is 2. The quantitative estimate of drug-likeness (QED) is 0.740. The molecule has 0 aliphatic heterocycles. The van der Waals surface area contributed by atoms with Gasteiger partial charge in [-0.1, -0.05) is 18.2 Å². The first-order valence-corrected chi connectivity index (χ1v) is 7.21. The summed E-state index contributed by atoms with van der Waals surface area (Å²) in [6.45, 7) is 3.90. The molecule has 2 aromatic heterocycles. The minimum atomic E-state index is -0.946. The lowest BCUT2D eigenvalue weighted by Crippen LogP contribution is -2.00. The predicted molar refractivity (Wildman–Crippen MR) is 86.6 cm³/mol. The molecule has 0 unspecified atom stereocenters. The van der Waals surface area contributed by atoms with Gasteiger partial charge in [0, 0.05) is 6.20 Å². The second-order valence-corrected chi connectivity index (χ2v) is 5.38. The maximum absolute atomic E-state index is 11.1. The Hall–Kier alpha value is -3.02. The number of rotatable bonds is 4. The number of nitrogens with zero attached hydrogens (tertiary/aromatic N) is 4. The number of imidazole rings is 1. The Morgan fingerprint density at radius 1 is 1.22 bits per heavy atom. The van der Waals surface area contributed by atoms with Crippen LogP contribution in [0.15, 0.2) is 52.8 Å². The van der Waals surface area contributed by atoms with Crippen LogP contribution in [0.25, 0.3) is 5.65 Å². The Morgan fingerprint density at radius 3 is 2.78 bits per heavy atom. The number of fused-ring (bicyclic) bond motifs is 1. The number of carboxylic acids is 1. The summed E-state index contributed by atoms with van der Waals surface area (Å²) < 4.78 is 1.77. The predicted octanol–water partition coefficient (Wildman–Crippen LogP) is 3.99. The average Bonchev–Trinajstić information content (AvgIpc) is 2.83. The van der Waals surface area contributed by atoms with E-state index >= 15 is 0 Å². The SMILES string of the molecule is Cc1cccc(N=Nc2c(CC(=O)O)nc3c(C)cccn23)c1. The molecule has 0 atom stereocenters. The van der Waals surface area contributed by atoms with Gasteiger partial charge in [-0.3, -0.25) is 9.20 Å². The standard InChI is InChI=1S/C17H16N4O2/c1-11-5-3-7-13(9-11)19-20-17-14(10-15(22)23)18-16-12(2)6-4-8-21(16)17/h3-9H,10H2,1-2H3,(H,22,23). The number of pyridine rings is 1. The number of aliphatic carboxylic acids is 1. The highest BCUT2D eigenvalue weighted by molar-refractivity contribution is 5.72. The van der Waals surface area contributed by atoms with Crippen molar-refractivity contribution >= 4 is 23.1 Å². The van der Waals surface area contributed by atoms with Crippen LogP contribution in [0.1, 0.15) is 16.8 Å². The number of aromatic nitrogens is 2. The number of hydrogen-bond acceptors (Lipinski definition) is 4. The smallest absolute Gasteiger partial charge is 0.309 e. The monoisotopic (exact) mass is 308 g/mol. The molecular weight excluding hydrogens is 292 g/mol. The average molecular weight is 308 g/mol. The fraction of sp³-hybridized carbons (Fsp3) is 0.176. The Balaban J connectivity index is 2.10. The van der Waals surface area contributed by atoms with E-state index in [0.717, 1.165) is 11.1 Å². The van der Waals surface area contributed by atoms with E-state index in [9.17, 15) is 4.79 Å². The highest BCUT2D eigenvalue weighted by atomic mass is 16.4. The summed E-state index contributed by atoms with van der Waals surface area (Å²) in [5, 5.41) is 17.6. The van der Waals surface area contributed by atoms with Crippen LogP contribution >= 0.6 is 0 Å². The zero-order valence-corrected chi connectivity index (χ0v) is 12.9. The Labute approximate surface area is 133 Å². The van der Waals surface area contributed by atoms with E-state index < -0.39 is 5.97 Å².